The largest absolute Gasteiger partial charge is 0.468 e. The summed E-state index contributed by atoms with van der Waals surface area (Å²) in [7, 11) is 3.27. The third kappa shape index (κ3) is 1.57. The van der Waals surface area contributed by atoms with Crippen LogP contribution in [-0.2, 0) is 16.6 Å². The van der Waals surface area contributed by atoms with Gasteiger partial charge in [0.1, 0.15) is 6.04 Å². The maximum atomic E-state index is 11.4. The standard InChI is InChI=1S/C12H14N2O2/c1-14-7-9(11(13)12(15)16-2)8-5-3-4-6-10(8)14/h3-7,11H,13H2,1-2H3. The Bertz CT molecular complexity index is 531. The molecule has 0 amide bonds. The van der Waals surface area contributed by atoms with Crippen molar-refractivity contribution < 1.29 is 9.53 Å². The van der Waals surface area contributed by atoms with Gasteiger partial charge in [-0.25, -0.2) is 0 Å². The van der Waals surface area contributed by atoms with Crippen molar-refractivity contribution in [1.82, 2.24) is 4.57 Å². The molecule has 1 aromatic carbocycles. The monoisotopic (exact) mass is 218 g/mol. The van der Waals surface area contributed by atoms with Crippen molar-refractivity contribution in [3.05, 3.63) is 36.0 Å². The van der Waals surface area contributed by atoms with E-state index in [2.05, 4.69) is 4.74 Å². The van der Waals surface area contributed by atoms with Crippen LogP contribution in [0.3, 0.4) is 0 Å². The summed E-state index contributed by atoms with van der Waals surface area (Å²) >= 11 is 0. The van der Waals surface area contributed by atoms with Crippen LogP contribution in [-0.4, -0.2) is 17.6 Å². The Morgan fingerprint density at radius 3 is 2.81 bits per heavy atom. The molecular weight excluding hydrogens is 204 g/mol. The first kappa shape index (κ1) is 10.7. The molecule has 16 heavy (non-hydrogen) atoms. The first-order valence-corrected chi connectivity index (χ1v) is 5.02. The smallest absolute Gasteiger partial charge is 0.327 e. The molecule has 0 spiro atoms. The van der Waals surface area contributed by atoms with E-state index < -0.39 is 12.0 Å². The number of nitrogens with two attached hydrogens (primary N) is 1. The summed E-state index contributed by atoms with van der Waals surface area (Å²) in [5, 5.41) is 0.989. The second kappa shape index (κ2) is 3.98. The fraction of sp³-hybridized carbons (Fsp3) is 0.250. The van der Waals surface area contributed by atoms with Crippen LogP contribution in [0.2, 0.25) is 0 Å². The van der Waals surface area contributed by atoms with Crippen molar-refractivity contribution in [3.8, 4) is 0 Å². The molecule has 4 nitrogen and oxygen atoms in total. The van der Waals surface area contributed by atoms with Crippen molar-refractivity contribution in [3.63, 3.8) is 0 Å². The molecule has 0 aliphatic rings. The lowest BCUT2D eigenvalue weighted by Gasteiger charge is -2.07. The summed E-state index contributed by atoms with van der Waals surface area (Å²) in [6.45, 7) is 0. The summed E-state index contributed by atoms with van der Waals surface area (Å²) in [5.41, 5.74) is 7.69. The molecule has 2 aromatic rings. The third-order valence-corrected chi connectivity index (χ3v) is 2.72. The van der Waals surface area contributed by atoms with Gasteiger partial charge in [0.15, 0.2) is 0 Å². The molecule has 2 rings (SSSR count). The minimum atomic E-state index is -0.726. The number of hydrogen-bond acceptors (Lipinski definition) is 3. The van der Waals surface area contributed by atoms with Crippen LogP contribution < -0.4 is 5.73 Å². The second-order valence-electron chi connectivity index (χ2n) is 3.71. The maximum absolute atomic E-state index is 11.4. The highest BCUT2D eigenvalue weighted by molar-refractivity contribution is 5.89. The molecule has 84 valence electrons. The molecule has 1 atom stereocenters. The molecule has 1 heterocycles. The molecule has 1 unspecified atom stereocenters. The first-order valence-electron chi connectivity index (χ1n) is 5.02. The van der Waals surface area contributed by atoms with Crippen molar-refractivity contribution in [2.75, 3.05) is 7.11 Å². The fourth-order valence-corrected chi connectivity index (χ4v) is 1.87. The van der Waals surface area contributed by atoms with Crippen LogP contribution in [0.25, 0.3) is 10.9 Å². The Morgan fingerprint density at radius 1 is 1.44 bits per heavy atom. The van der Waals surface area contributed by atoms with Crippen molar-refractivity contribution >= 4 is 16.9 Å². The molecule has 0 bridgehead atoms. The van der Waals surface area contributed by atoms with Crippen LogP contribution in [0.15, 0.2) is 30.5 Å². The number of aryl methyl sites for hydroxylation is 1. The van der Waals surface area contributed by atoms with Crippen molar-refractivity contribution in [2.45, 2.75) is 6.04 Å². The van der Waals surface area contributed by atoms with Gasteiger partial charge in [0.2, 0.25) is 0 Å². The number of ether oxygens (including phenoxy) is 1. The lowest BCUT2D eigenvalue weighted by atomic mass is 10.1. The number of carbonyl (C=O) groups is 1. The molecule has 2 N–H and O–H groups in total. The number of rotatable bonds is 2. The number of para-hydroxylation sites is 1. The Hall–Kier alpha value is -1.81. The Labute approximate surface area is 93.6 Å². The van der Waals surface area contributed by atoms with Gasteiger partial charge < -0.3 is 15.0 Å². The predicted octanol–water partition coefficient (Wildman–Crippen LogP) is 1.35. The maximum Gasteiger partial charge on any atom is 0.327 e. The van der Waals surface area contributed by atoms with Crippen LogP contribution in [0.5, 0.6) is 0 Å². The number of aromatic nitrogens is 1. The lowest BCUT2D eigenvalue weighted by Crippen LogP contribution is -2.22. The minimum Gasteiger partial charge on any atom is -0.468 e. The molecule has 4 heteroatoms. The van der Waals surface area contributed by atoms with E-state index in [9.17, 15) is 4.79 Å². The average molecular weight is 218 g/mol. The quantitative estimate of drug-likeness (QED) is 0.774. The van der Waals surface area contributed by atoms with Gasteiger partial charge in [-0.15, -0.1) is 0 Å². The Balaban J connectivity index is 2.57. The second-order valence-corrected chi connectivity index (χ2v) is 3.71. The van der Waals surface area contributed by atoms with Gasteiger partial charge in [0, 0.05) is 29.7 Å². The number of nitrogens with zero attached hydrogens (tertiary/aromatic N) is 1. The molecule has 0 aliphatic heterocycles. The number of methoxy groups -OCH3 is 1. The molecule has 0 fully saturated rings. The van der Waals surface area contributed by atoms with Gasteiger partial charge in [0.05, 0.1) is 7.11 Å². The number of carbonyl (C=O) groups excluding carboxylic acids is 1. The van der Waals surface area contributed by atoms with Gasteiger partial charge in [-0.2, -0.15) is 0 Å². The topological polar surface area (TPSA) is 57.2 Å². The predicted molar refractivity (Wildman–Crippen MR) is 61.9 cm³/mol. The SMILES string of the molecule is COC(=O)C(N)c1cn(C)c2ccccc12. The highest BCUT2D eigenvalue weighted by Gasteiger charge is 2.20. The lowest BCUT2D eigenvalue weighted by molar-refractivity contribution is -0.142. The summed E-state index contributed by atoms with van der Waals surface area (Å²) in [4.78, 5) is 11.4. The Kier molecular flexibility index (Phi) is 2.66. The summed E-state index contributed by atoms with van der Waals surface area (Å²) in [6.07, 6.45) is 1.87. The Morgan fingerprint density at radius 2 is 2.12 bits per heavy atom. The number of esters is 1. The number of fused-ring (bicyclic) bond motifs is 1. The highest BCUT2D eigenvalue weighted by atomic mass is 16.5. The number of benzene rings is 1. The van der Waals surface area contributed by atoms with Crippen LogP contribution in [0.4, 0.5) is 0 Å². The zero-order chi connectivity index (χ0) is 11.7. The van der Waals surface area contributed by atoms with Gasteiger partial charge in [-0.1, -0.05) is 18.2 Å². The van der Waals surface area contributed by atoms with E-state index in [1.165, 1.54) is 7.11 Å². The normalized spacial score (nSPS) is 12.7. The van der Waals surface area contributed by atoms with E-state index in [1.54, 1.807) is 0 Å². The molecule has 0 saturated heterocycles. The summed E-state index contributed by atoms with van der Waals surface area (Å²) < 4.78 is 6.60. The van der Waals surface area contributed by atoms with E-state index >= 15 is 0 Å². The average Bonchev–Trinajstić information content (AvgIpc) is 2.65. The first-order chi connectivity index (χ1) is 7.65. The van der Waals surface area contributed by atoms with Gasteiger partial charge >= 0.3 is 5.97 Å². The van der Waals surface area contributed by atoms with Gasteiger partial charge in [-0.3, -0.25) is 4.79 Å². The van der Waals surface area contributed by atoms with E-state index in [-0.39, 0.29) is 0 Å². The minimum absolute atomic E-state index is 0.420. The van der Waals surface area contributed by atoms with Crippen molar-refractivity contribution in [1.29, 1.82) is 0 Å². The van der Waals surface area contributed by atoms with Crippen LogP contribution in [0.1, 0.15) is 11.6 Å². The van der Waals surface area contributed by atoms with E-state index in [1.807, 2.05) is 42.1 Å². The van der Waals surface area contributed by atoms with E-state index in [0.717, 1.165) is 16.5 Å². The summed E-state index contributed by atoms with van der Waals surface area (Å²) in [5.74, 6) is -0.420. The fourth-order valence-electron chi connectivity index (χ4n) is 1.87. The van der Waals surface area contributed by atoms with Gasteiger partial charge in [-0.05, 0) is 6.07 Å². The highest BCUT2D eigenvalue weighted by Crippen LogP contribution is 2.25. The molecular formula is C12H14N2O2. The number of hydrogen-bond donors (Lipinski definition) is 1. The molecule has 1 aromatic heterocycles. The van der Waals surface area contributed by atoms with Crippen LogP contribution >= 0.6 is 0 Å². The van der Waals surface area contributed by atoms with Gasteiger partial charge in [0.25, 0.3) is 0 Å². The van der Waals surface area contributed by atoms with E-state index in [0.29, 0.717) is 0 Å². The molecule has 0 aliphatic carbocycles. The molecule has 0 saturated carbocycles. The third-order valence-electron chi connectivity index (χ3n) is 2.72. The molecule has 0 radical (unpaired) electrons. The van der Waals surface area contributed by atoms with Crippen molar-refractivity contribution in [2.24, 2.45) is 12.8 Å². The summed E-state index contributed by atoms with van der Waals surface area (Å²) in [6, 6.07) is 7.10. The van der Waals surface area contributed by atoms with Crippen LogP contribution in [0, 0.1) is 0 Å². The zero-order valence-electron chi connectivity index (χ0n) is 9.31. The van der Waals surface area contributed by atoms with E-state index in [4.69, 9.17) is 5.73 Å². The zero-order valence-corrected chi connectivity index (χ0v) is 9.31.